The molecule has 0 aromatic carbocycles. The number of hydrogen-bond donors (Lipinski definition) is 1. The minimum Gasteiger partial charge on any atom is -0.377 e. The van der Waals surface area contributed by atoms with Crippen LogP contribution in [0.1, 0.15) is 39.0 Å². The minimum atomic E-state index is 0.449. The van der Waals surface area contributed by atoms with E-state index in [9.17, 15) is 0 Å². The largest absolute Gasteiger partial charge is 0.377 e. The van der Waals surface area contributed by atoms with Gasteiger partial charge in [0.2, 0.25) is 0 Å². The molecule has 1 saturated carbocycles. The van der Waals surface area contributed by atoms with Crippen LogP contribution < -0.4 is 5.32 Å². The molecule has 17 heavy (non-hydrogen) atoms. The number of rotatable bonds is 8. The Labute approximate surface area is 110 Å². The van der Waals surface area contributed by atoms with E-state index >= 15 is 0 Å². The van der Waals surface area contributed by atoms with Gasteiger partial charge in [-0.3, -0.25) is 0 Å². The summed E-state index contributed by atoms with van der Waals surface area (Å²) in [6.07, 6.45) is 7.34. The molecule has 0 aromatic rings. The second-order valence-electron chi connectivity index (χ2n) is 5.57. The highest BCUT2D eigenvalue weighted by atomic mass is 32.2. The maximum atomic E-state index is 6.06. The first-order valence-electron chi connectivity index (χ1n) is 7.16. The van der Waals surface area contributed by atoms with Crippen LogP contribution >= 0.6 is 11.8 Å². The van der Waals surface area contributed by atoms with Crippen LogP contribution in [0.5, 0.6) is 0 Å². The van der Waals surface area contributed by atoms with E-state index in [4.69, 9.17) is 4.74 Å². The molecule has 2 unspecified atom stereocenters. The van der Waals surface area contributed by atoms with Gasteiger partial charge >= 0.3 is 0 Å². The SMILES string of the molecule is CCSCCCC1(CNC)CCOC1C1CC1. The van der Waals surface area contributed by atoms with E-state index < -0.39 is 0 Å². The molecule has 1 N–H and O–H groups in total. The Morgan fingerprint density at radius 1 is 1.41 bits per heavy atom. The average molecular weight is 257 g/mol. The minimum absolute atomic E-state index is 0.449. The number of nitrogens with one attached hydrogen (secondary N) is 1. The number of hydrogen-bond acceptors (Lipinski definition) is 3. The molecule has 2 rings (SSSR count). The zero-order chi connectivity index (χ0) is 12.1. The predicted octanol–water partition coefficient (Wildman–Crippen LogP) is 2.92. The molecule has 0 aromatic heterocycles. The first-order chi connectivity index (χ1) is 8.32. The van der Waals surface area contributed by atoms with Crippen LogP contribution in [-0.2, 0) is 4.74 Å². The molecule has 100 valence electrons. The second-order valence-corrected chi connectivity index (χ2v) is 6.97. The normalized spacial score (nSPS) is 33.2. The first-order valence-corrected chi connectivity index (χ1v) is 8.32. The van der Waals surface area contributed by atoms with Crippen molar-refractivity contribution in [3.63, 3.8) is 0 Å². The van der Waals surface area contributed by atoms with E-state index in [1.54, 1.807) is 0 Å². The van der Waals surface area contributed by atoms with Crippen molar-refractivity contribution in [2.45, 2.75) is 45.1 Å². The fourth-order valence-corrected chi connectivity index (χ4v) is 3.95. The van der Waals surface area contributed by atoms with Crippen LogP contribution in [0.3, 0.4) is 0 Å². The van der Waals surface area contributed by atoms with Crippen molar-refractivity contribution >= 4 is 11.8 Å². The fraction of sp³-hybridized carbons (Fsp3) is 1.00. The zero-order valence-corrected chi connectivity index (χ0v) is 12.2. The van der Waals surface area contributed by atoms with Crippen LogP contribution in [0.15, 0.2) is 0 Å². The molecule has 0 spiro atoms. The molecule has 2 atom stereocenters. The van der Waals surface area contributed by atoms with Gasteiger partial charge in [0.15, 0.2) is 0 Å². The lowest BCUT2D eigenvalue weighted by Crippen LogP contribution is -2.41. The highest BCUT2D eigenvalue weighted by Crippen LogP contribution is 2.49. The van der Waals surface area contributed by atoms with Gasteiger partial charge in [-0.1, -0.05) is 6.92 Å². The van der Waals surface area contributed by atoms with Crippen LogP contribution in [0, 0.1) is 11.3 Å². The van der Waals surface area contributed by atoms with Gasteiger partial charge in [0.05, 0.1) is 6.10 Å². The van der Waals surface area contributed by atoms with Crippen molar-refractivity contribution in [2.24, 2.45) is 11.3 Å². The molecule has 1 heterocycles. The van der Waals surface area contributed by atoms with E-state index in [-0.39, 0.29) is 0 Å². The van der Waals surface area contributed by atoms with Gasteiger partial charge in [0, 0.05) is 18.6 Å². The molecule has 2 nitrogen and oxygen atoms in total. The van der Waals surface area contributed by atoms with Gasteiger partial charge in [0.25, 0.3) is 0 Å². The van der Waals surface area contributed by atoms with E-state index in [1.165, 1.54) is 43.6 Å². The Morgan fingerprint density at radius 3 is 2.88 bits per heavy atom. The summed E-state index contributed by atoms with van der Waals surface area (Å²) in [4.78, 5) is 0. The summed E-state index contributed by atoms with van der Waals surface area (Å²) in [6.45, 7) is 4.38. The highest BCUT2D eigenvalue weighted by molar-refractivity contribution is 7.99. The Kier molecular flexibility index (Phi) is 5.19. The monoisotopic (exact) mass is 257 g/mol. The summed E-state index contributed by atoms with van der Waals surface area (Å²) in [5.74, 6) is 3.45. The zero-order valence-electron chi connectivity index (χ0n) is 11.3. The third-order valence-electron chi connectivity index (χ3n) is 4.25. The first kappa shape index (κ1) is 13.7. The molecule has 2 aliphatic rings. The molecule has 1 aliphatic heterocycles. The summed E-state index contributed by atoms with van der Waals surface area (Å²) in [7, 11) is 2.09. The molecule has 1 saturated heterocycles. The van der Waals surface area contributed by atoms with Gasteiger partial charge in [-0.05, 0) is 56.6 Å². The second kappa shape index (κ2) is 6.44. The molecule has 0 amide bonds. The molecule has 0 bridgehead atoms. The van der Waals surface area contributed by atoms with Crippen molar-refractivity contribution < 1.29 is 4.74 Å². The molecule has 2 fully saturated rings. The van der Waals surface area contributed by atoms with Crippen LogP contribution in [-0.4, -0.2) is 37.8 Å². The van der Waals surface area contributed by atoms with Crippen LogP contribution in [0.2, 0.25) is 0 Å². The van der Waals surface area contributed by atoms with Gasteiger partial charge in [-0.25, -0.2) is 0 Å². The predicted molar refractivity (Wildman–Crippen MR) is 75.7 cm³/mol. The van der Waals surface area contributed by atoms with Crippen LogP contribution in [0.25, 0.3) is 0 Å². The van der Waals surface area contributed by atoms with Gasteiger partial charge in [-0.15, -0.1) is 0 Å². The summed E-state index contributed by atoms with van der Waals surface area (Å²) >= 11 is 2.07. The smallest absolute Gasteiger partial charge is 0.0672 e. The standard InChI is InChI=1S/C14H27NOS/c1-3-17-10-4-7-14(11-15-2)8-9-16-13(14)12-5-6-12/h12-13,15H,3-11H2,1-2H3. The maximum Gasteiger partial charge on any atom is 0.0672 e. The fourth-order valence-electron chi connectivity index (χ4n) is 3.31. The molecular formula is C14H27NOS. The van der Waals surface area contributed by atoms with Gasteiger partial charge in [-0.2, -0.15) is 11.8 Å². The highest BCUT2D eigenvalue weighted by Gasteiger charge is 2.49. The van der Waals surface area contributed by atoms with Crippen molar-refractivity contribution in [3.8, 4) is 0 Å². The lowest BCUT2D eigenvalue weighted by atomic mass is 9.75. The third kappa shape index (κ3) is 3.39. The summed E-state index contributed by atoms with van der Waals surface area (Å²) in [5.41, 5.74) is 0.449. The summed E-state index contributed by atoms with van der Waals surface area (Å²) in [6, 6.07) is 0. The van der Waals surface area contributed by atoms with E-state index in [1.807, 2.05) is 0 Å². The Balaban J connectivity index is 1.88. The number of ether oxygens (including phenoxy) is 1. The number of thioether (sulfide) groups is 1. The molecule has 1 aliphatic carbocycles. The lowest BCUT2D eigenvalue weighted by Gasteiger charge is -2.34. The van der Waals surface area contributed by atoms with Gasteiger partial charge < -0.3 is 10.1 Å². The summed E-state index contributed by atoms with van der Waals surface area (Å²) in [5, 5.41) is 3.42. The summed E-state index contributed by atoms with van der Waals surface area (Å²) < 4.78 is 6.06. The average Bonchev–Trinajstić information content (AvgIpc) is 3.09. The Bertz CT molecular complexity index is 232. The van der Waals surface area contributed by atoms with Crippen molar-refractivity contribution in [3.05, 3.63) is 0 Å². The van der Waals surface area contributed by atoms with Gasteiger partial charge in [0.1, 0.15) is 0 Å². The van der Waals surface area contributed by atoms with Crippen LogP contribution in [0.4, 0.5) is 0 Å². The lowest BCUT2D eigenvalue weighted by molar-refractivity contribution is 0.0272. The van der Waals surface area contributed by atoms with Crippen molar-refractivity contribution in [1.82, 2.24) is 5.32 Å². The molecule has 0 radical (unpaired) electrons. The van der Waals surface area contributed by atoms with Crippen molar-refractivity contribution in [1.29, 1.82) is 0 Å². The molecular weight excluding hydrogens is 230 g/mol. The van der Waals surface area contributed by atoms with E-state index in [0.717, 1.165) is 19.1 Å². The van der Waals surface area contributed by atoms with E-state index in [0.29, 0.717) is 11.5 Å². The Hall–Kier alpha value is 0.270. The molecule has 3 heteroatoms. The third-order valence-corrected chi connectivity index (χ3v) is 5.23. The maximum absolute atomic E-state index is 6.06. The quantitative estimate of drug-likeness (QED) is 0.676. The topological polar surface area (TPSA) is 21.3 Å². The van der Waals surface area contributed by atoms with Crippen molar-refractivity contribution in [2.75, 3.05) is 31.7 Å². The Morgan fingerprint density at radius 2 is 2.24 bits per heavy atom. The van der Waals surface area contributed by atoms with E-state index in [2.05, 4.69) is 31.1 Å².